The van der Waals surface area contributed by atoms with Crippen LogP contribution in [-0.4, -0.2) is 74.0 Å². The number of carbonyl (C=O) groups excluding carboxylic acids is 4. The number of rotatable bonds is 7. The van der Waals surface area contributed by atoms with Gasteiger partial charge < -0.3 is 19.5 Å². The van der Waals surface area contributed by atoms with Crippen molar-refractivity contribution in [3.05, 3.63) is 29.8 Å². The second-order valence-electron chi connectivity index (χ2n) is 7.71. The Balaban J connectivity index is 2.63. The number of aryl methyl sites for hydroxylation is 1. The van der Waals surface area contributed by atoms with E-state index in [2.05, 4.69) is 5.32 Å². The minimum atomic E-state index is -4.21. The molecule has 182 valence electrons. The Labute approximate surface area is 192 Å². The molecular weight excluding hydrogens is 456 g/mol. The summed E-state index contributed by atoms with van der Waals surface area (Å²) in [4.78, 5) is 47.0. The first-order chi connectivity index (χ1) is 15.3. The Morgan fingerprint density at radius 1 is 0.970 bits per heavy atom. The van der Waals surface area contributed by atoms with Crippen LogP contribution >= 0.6 is 0 Å². The quantitative estimate of drug-likeness (QED) is 0.426. The van der Waals surface area contributed by atoms with E-state index in [0.29, 0.717) is 0 Å². The number of hydrogen-bond acceptors (Lipinski definition) is 9. The molecule has 1 N–H and O–H groups in total. The van der Waals surface area contributed by atoms with Gasteiger partial charge in [-0.15, -0.1) is 0 Å². The van der Waals surface area contributed by atoms with Crippen LogP contribution in [0.2, 0.25) is 0 Å². The van der Waals surface area contributed by atoms with Crippen LogP contribution < -0.4 is 5.32 Å². The number of amides is 1. The first-order valence-corrected chi connectivity index (χ1v) is 11.6. The van der Waals surface area contributed by atoms with E-state index in [1.165, 1.54) is 19.1 Å². The number of nitrogens with zero attached hydrogens (tertiary/aromatic N) is 1. The molecule has 1 aromatic rings. The lowest BCUT2D eigenvalue weighted by molar-refractivity contribution is -0.177. The molecule has 0 bridgehead atoms. The van der Waals surface area contributed by atoms with Crippen molar-refractivity contribution in [3.8, 4) is 0 Å². The normalized spacial score (nSPS) is 23.3. The summed E-state index contributed by atoms with van der Waals surface area (Å²) in [6.07, 6.45) is -2.45. The first kappa shape index (κ1) is 26.3. The molecule has 0 unspecified atom stereocenters. The van der Waals surface area contributed by atoms with E-state index < -0.39 is 71.3 Å². The molecule has 1 fully saturated rings. The summed E-state index contributed by atoms with van der Waals surface area (Å²) in [5.74, 6) is -2.69. The van der Waals surface area contributed by atoms with Gasteiger partial charge in [0, 0.05) is 27.7 Å². The summed E-state index contributed by atoms with van der Waals surface area (Å²) in [5, 5.41) is 2.57. The van der Waals surface area contributed by atoms with Gasteiger partial charge in [-0.1, -0.05) is 17.7 Å². The lowest BCUT2D eigenvalue weighted by Gasteiger charge is -2.46. The lowest BCUT2D eigenvalue weighted by Crippen LogP contribution is -2.70. The average Bonchev–Trinajstić information content (AvgIpc) is 2.68. The summed E-state index contributed by atoms with van der Waals surface area (Å²) >= 11 is 0. The number of hydrogen-bond donors (Lipinski definition) is 1. The van der Waals surface area contributed by atoms with Crippen molar-refractivity contribution in [2.45, 2.75) is 63.8 Å². The van der Waals surface area contributed by atoms with Gasteiger partial charge in [-0.25, -0.2) is 8.42 Å². The molecule has 33 heavy (non-hydrogen) atoms. The molecule has 0 aliphatic carbocycles. The second kappa shape index (κ2) is 10.8. The average molecular weight is 485 g/mol. The van der Waals surface area contributed by atoms with Crippen LogP contribution in [0.3, 0.4) is 0 Å². The van der Waals surface area contributed by atoms with E-state index in [0.717, 1.165) is 30.6 Å². The van der Waals surface area contributed by atoms with Crippen LogP contribution in [0.15, 0.2) is 29.2 Å². The number of piperidine rings is 1. The van der Waals surface area contributed by atoms with Crippen molar-refractivity contribution < 1.29 is 41.8 Å². The smallest absolute Gasteiger partial charge is 0.303 e. The van der Waals surface area contributed by atoms with Gasteiger partial charge in [0.2, 0.25) is 15.9 Å². The van der Waals surface area contributed by atoms with Gasteiger partial charge >= 0.3 is 17.9 Å². The van der Waals surface area contributed by atoms with E-state index in [1.54, 1.807) is 19.1 Å². The third kappa shape index (κ3) is 6.75. The van der Waals surface area contributed by atoms with E-state index in [9.17, 15) is 27.6 Å². The predicted molar refractivity (Wildman–Crippen MR) is 114 cm³/mol. The van der Waals surface area contributed by atoms with Crippen LogP contribution in [0.1, 0.15) is 33.3 Å². The van der Waals surface area contributed by atoms with Crippen molar-refractivity contribution in [2.24, 2.45) is 0 Å². The van der Waals surface area contributed by atoms with Gasteiger partial charge in [0.1, 0.15) is 6.61 Å². The molecular formula is C21H28N2O9S. The highest BCUT2D eigenvalue weighted by Gasteiger charge is 2.52. The van der Waals surface area contributed by atoms with Crippen LogP contribution in [0, 0.1) is 6.92 Å². The number of sulfonamides is 1. The van der Waals surface area contributed by atoms with Crippen LogP contribution in [0.25, 0.3) is 0 Å². The van der Waals surface area contributed by atoms with E-state index >= 15 is 0 Å². The van der Waals surface area contributed by atoms with E-state index in [1.807, 2.05) is 0 Å². The minimum Gasteiger partial charge on any atom is -0.464 e. The van der Waals surface area contributed by atoms with Crippen molar-refractivity contribution in [1.82, 2.24) is 9.62 Å². The number of carbonyl (C=O) groups is 4. The van der Waals surface area contributed by atoms with Gasteiger partial charge in [0.05, 0.1) is 23.5 Å². The topological polar surface area (TPSA) is 145 Å². The molecule has 1 amide bonds. The second-order valence-corrected chi connectivity index (χ2v) is 9.60. The molecule has 0 aromatic heterocycles. The fraction of sp³-hybridized carbons (Fsp3) is 0.524. The Kier molecular flexibility index (Phi) is 8.56. The number of esters is 3. The van der Waals surface area contributed by atoms with E-state index in [4.69, 9.17) is 14.2 Å². The van der Waals surface area contributed by atoms with Crippen molar-refractivity contribution in [3.63, 3.8) is 0 Å². The SMILES string of the molecule is CC(=O)N[C@@H]1[C@@H](OC(C)=O)[C@@H](OC(C)=O)CN(S(=O)(=O)c2ccc(C)cc2)[C@@H]1COC(C)=O. The molecule has 12 heteroatoms. The Morgan fingerprint density at radius 2 is 1.55 bits per heavy atom. The van der Waals surface area contributed by atoms with Crippen LogP contribution in [-0.2, 0) is 43.4 Å². The van der Waals surface area contributed by atoms with Gasteiger partial charge in [-0.3, -0.25) is 19.2 Å². The standard InChI is InChI=1S/C21H28N2O9S/c1-12-6-8-17(9-7-12)33(28,29)23-10-19(31-15(4)26)21(32-16(5)27)20(22-13(2)24)18(23)11-30-14(3)25/h6-9,18-21H,10-11H2,1-5H3,(H,22,24)/t18-,19+,20+,21+/m1/s1. The number of ether oxygens (including phenoxy) is 3. The third-order valence-electron chi connectivity index (χ3n) is 4.94. The Bertz CT molecular complexity index is 1010. The molecule has 0 spiro atoms. The fourth-order valence-corrected chi connectivity index (χ4v) is 5.27. The maximum Gasteiger partial charge on any atom is 0.303 e. The lowest BCUT2D eigenvalue weighted by atomic mass is 9.93. The van der Waals surface area contributed by atoms with Gasteiger partial charge in [-0.05, 0) is 19.1 Å². The number of benzene rings is 1. The van der Waals surface area contributed by atoms with Gasteiger partial charge in [-0.2, -0.15) is 4.31 Å². The molecule has 1 saturated heterocycles. The molecule has 11 nitrogen and oxygen atoms in total. The molecule has 1 heterocycles. The van der Waals surface area contributed by atoms with Gasteiger partial charge in [0.15, 0.2) is 12.2 Å². The summed E-state index contributed by atoms with van der Waals surface area (Å²) < 4.78 is 43.9. The molecule has 1 aliphatic heterocycles. The highest BCUT2D eigenvalue weighted by molar-refractivity contribution is 7.89. The van der Waals surface area contributed by atoms with Crippen molar-refractivity contribution in [1.29, 1.82) is 0 Å². The summed E-state index contributed by atoms with van der Waals surface area (Å²) in [6.45, 7) is 5.58. The molecule has 1 aliphatic rings. The zero-order valence-electron chi connectivity index (χ0n) is 19.1. The largest absolute Gasteiger partial charge is 0.464 e. The summed E-state index contributed by atoms with van der Waals surface area (Å²) in [5.41, 5.74) is 0.841. The Morgan fingerprint density at radius 3 is 2.03 bits per heavy atom. The number of nitrogens with one attached hydrogen (secondary N) is 1. The molecule has 2 rings (SSSR count). The fourth-order valence-electron chi connectivity index (χ4n) is 3.63. The minimum absolute atomic E-state index is 0.0463. The van der Waals surface area contributed by atoms with Crippen LogP contribution in [0.5, 0.6) is 0 Å². The molecule has 0 saturated carbocycles. The summed E-state index contributed by atoms with van der Waals surface area (Å²) in [7, 11) is -4.21. The third-order valence-corrected chi connectivity index (χ3v) is 6.84. The predicted octanol–water partition coefficient (Wildman–Crippen LogP) is 0.299. The van der Waals surface area contributed by atoms with Crippen molar-refractivity contribution >= 4 is 33.8 Å². The van der Waals surface area contributed by atoms with Gasteiger partial charge in [0.25, 0.3) is 0 Å². The van der Waals surface area contributed by atoms with Crippen molar-refractivity contribution in [2.75, 3.05) is 13.2 Å². The summed E-state index contributed by atoms with van der Waals surface area (Å²) in [6, 6.07) is 3.74. The molecule has 4 atom stereocenters. The maximum absolute atomic E-state index is 13.6. The maximum atomic E-state index is 13.6. The molecule has 1 aromatic carbocycles. The zero-order valence-corrected chi connectivity index (χ0v) is 19.9. The first-order valence-electron chi connectivity index (χ1n) is 10.2. The monoisotopic (exact) mass is 484 g/mol. The highest BCUT2D eigenvalue weighted by Crippen LogP contribution is 2.30. The highest BCUT2D eigenvalue weighted by atomic mass is 32.2. The van der Waals surface area contributed by atoms with Crippen LogP contribution in [0.4, 0.5) is 0 Å². The Hall–Kier alpha value is -2.99. The molecule has 0 radical (unpaired) electrons. The van der Waals surface area contributed by atoms with E-state index in [-0.39, 0.29) is 4.90 Å². The zero-order chi connectivity index (χ0) is 24.9.